The Balaban J connectivity index is 2.87. The largest absolute Gasteiger partial charge is 0.343 e. The molecule has 1 saturated heterocycles. The number of rotatable bonds is 5. The quantitative estimate of drug-likeness (QED) is 0.608. The highest BCUT2D eigenvalue weighted by Gasteiger charge is 2.32. The van der Waals surface area contributed by atoms with Gasteiger partial charge in [0.05, 0.1) is 6.61 Å². The van der Waals surface area contributed by atoms with E-state index in [1.807, 2.05) is 0 Å². The molecule has 4 nitrogen and oxygen atoms in total. The normalized spacial score (nSPS) is 31.4. The van der Waals surface area contributed by atoms with Crippen molar-refractivity contribution in [2.45, 2.75) is 6.42 Å². The summed E-state index contributed by atoms with van der Waals surface area (Å²) in [5, 5.41) is 2.72. The second-order valence-corrected chi connectivity index (χ2v) is 5.46. The first-order chi connectivity index (χ1) is 7.46. The smallest absolute Gasteiger partial charge is 0.306 e. The van der Waals surface area contributed by atoms with Crippen molar-refractivity contribution in [2.75, 3.05) is 38.0 Å². The lowest BCUT2D eigenvalue weighted by Gasteiger charge is -2.33. The van der Waals surface area contributed by atoms with E-state index in [-0.39, 0.29) is 18.3 Å². The van der Waals surface area contributed by atoms with Crippen LogP contribution in [0.1, 0.15) is 9.16 Å². The lowest BCUT2D eigenvalue weighted by atomic mass is 10.5. The summed E-state index contributed by atoms with van der Waals surface area (Å²) >= 11 is 11.1. The molecule has 0 aromatic carbocycles. The van der Waals surface area contributed by atoms with E-state index in [9.17, 15) is 4.57 Å². The minimum atomic E-state index is -3.34. The molecule has 14 heavy (non-hydrogen) atoms. The van der Waals surface area contributed by atoms with Crippen molar-refractivity contribution in [3.8, 4) is 0 Å². The van der Waals surface area contributed by atoms with Crippen LogP contribution >= 0.6 is 30.9 Å². The maximum Gasteiger partial charge on any atom is 0.343 e. The molecule has 1 unspecified atom stereocenters. The van der Waals surface area contributed by atoms with Crippen LogP contribution < -0.4 is 5.09 Å². The zero-order valence-corrected chi connectivity index (χ0v) is 10.1. The van der Waals surface area contributed by atoms with Gasteiger partial charge in [0.2, 0.25) is 0 Å². The molecule has 1 aliphatic rings. The van der Waals surface area contributed by atoms with Crippen LogP contribution in [0.25, 0.3) is 0 Å². The van der Waals surface area contributed by atoms with Crippen molar-refractivity contribution in [2.24, 2.45) is 0 Å². The highest BCUT2D eigenvalue weighted by molar-refractivity contribution is 7.54. The van der Waals surface area contributed by atoms with E-state index in [0.29, 0.717) is 13.2 Å². The lowest BCUT2D eigenvalue weighted by Crippen LogP contribution is -2.35. The van der Waals surface area contributed by atoms with Gasteiger partial charge in [0.25, 0.3) is 0 Å². The zero-order chi connectivity index (χ0) is 12.2. The topological polar surface area (TPSA) is 41.6 Å². The highest BCUT2D eigenvalue weighted by atomic mass is 35.5. The minimum absolute atomic E-state index is 0.117. The molecule has 1 N–H and O–H groups in total. The average Bonchev–Trinajstić information content (AvgIpc) is 2.26. The summed E-state index contributed by atoms with van der Waals surface area (Å²) in [4.78, 5) is 0. The third kappa shape index (κ3) is 3.37. The molecule has 1 heterocycles. The predicted molar refractivity (Wildman–Crippen MR) is 59.2 cm³/mol. The van der Waals surface area contributed by atoms with Crippen LogP contribution in [0.15, 0.2) is 0 Å². The van der Waals surface area contributed by atoms with Gasteiger partial charge < -0.3 is 4.52 Å². The third-order valence-electron chi connectivity index (χ3n) is 1.76. The molecule has 1 rings (SSSR count). The van der Waals surface area contributed by atoms with E-state index < -0.39 is 14.2 Å². The summed E-state index contributed by atoms with van der Waals surface area (Å²) in [5.41, 5.74) is 0. The first-order valence-corrected chi connectivity index (χ1v) is 7.01. The minimum Gasteiger partial charge on any atom is -0.306 e. The maximum atomic E-state index is 12.4. The van der Waals surface area contributed by atoms with Gasteiger partial charge in [-0.1, -0.05) is 0 Å². The summed E-state index contributed by atoms with van der Waals surface area (Å²) in [5.74, 6) is -0.135. The summed E-state index contributed by atoms with van der Waals surface area (Å²) < 4.78 is 34.1. The Morgan fingerprint density at radius 3 is 2.86 bits per heavy atom. The summed E-state index contributed by atoms with van der Waals surface area (Å²) in [6.45, 7) is -0.905. The first kappa shape index (κ1) is 9.88. The van der Waals surface area contributed by atoms with Crippen LogP contribution in [-0.2, 0) is 9.09 Å². The van der Waals surface area contributed by atoms with E-state index in [1.165, 1.54) is 0 Å². The highest BCUT2D eigenvalue weighted by Crippen LogP contribution is 2.47. The molecule has 0 spiro atoms. The van der Waals surface area contributed by atoms with Crippen LogP contribution in [0.4, 0.5) is 0 Å². The van der Waals surface area contributed by atoms with Crippen molar-refractivity contribution in [1.29, 1.82) is 0 Å². The van der Waals surface area contributed by atoms with Crippen LogP contribution in [-0.4, -0.2) is 42.6 Å². The van der Waals surface area contributed by atoms with Gasteiger partial charge in [-0.15, -0.1) is 23.2 Å². The molecule has 0 aromatic rings. The molecule has 0 aromatic heterocycles. The fraction of sp³-hybridized carbons (Fsp3) is 1.00. The fourth-order valence-corrected chi connectivity index (χ4v) is 3.49. The van der Waals surface area contributed by atoms with E-state index in [0.717, 1.165) is 11.1 Å². The molecule has 1 atom stereocenters. The SMILES string of the molecule is [3H]C([3H])(CCl)N(CCCl)P1(=O)NCCCO1. The number of nitrogens with one attached hydrogen (secondary N) is 1. The van der Waals surface area contributed by atoms with Gasteiger partial charge in [-0.05, 0) is 6.42 Å². The Morgan fingerprint density at radius 2 is 2.36 bits per heavy atom. The standard InChI is InChI=1S/C7H15Cl2N2O2P/c8-2-5-11(6-3-9)14(12)10-4-1-7-13-14/h1-7H2,(H,10,12)/i5T2. The molecule has 84 valence electrons. The monoisotopic (exact) mass is 264 g/mol. The predicted octanol–water partition coefficient (Wildman–Crippen LogP) is 1.88. The van der Waals surface area contributed by atoms with Crippen LogP contribution in [0.5, 0.6) is 0 Å². The molecule has 0 radical (unpaired) electrons. The number of nitrogens with zero attached hydrogens (tertiary/aromatic N) is 1. The van der Waals surface area contributed by atoms with E-state index in [4.69, 9.17) is 30.5 Å². The molecule has 1 fully saturated rings. The summed E-state index contributed by atoms with van der Waals surface area (Å²) in [6.07, 6.45) is 0.753. The second-order valence-electron chi connectivity index (χ2n) is 2.72. The van der Waals surface area contributed by atoms with E-state index >= 15 is 0 Å². The molecule has 0 bridgehead atoms. The van der Waals surface area contributed by atoms with Crippen molar-refractivity contribution in [3.05, 3.63) is 0 Å². The maximum absolute atomic E-state index is 12.4. The number of alkyl halides is 2. The average molecular weight is 265 g/mol. The molecule has 0 amide bonds. The Bertz CT molecular complexity index is 273. The molecule has 0 saturated carbocycles. The number of hydrogen-bond acceptors (Lipinski definition) is 2. The van der Waals surface area contributed by atoms with Crippen molar-refractivity contribution < 1.29 is 11.8 Å². The van der Waals surface area contributed by atoms with Crippen LogP contribution in [0.2, 0.25) is 0 Å². The molecule has 7 heteroatoms. The Labute approximate surface area is 97.3 Å². The van der Waals surface area contributed by atoms with Gasteiger partial charge in [-0.2, -0.15) is 0 Å². The summed E-state index contributed by atoms with van der Waals surface area (Å²) in [6, 6.07) is 0. The van der Waals surface area contributed by atoms with E-state index in [2.05, 4.69) is 5.09 Å². The lowest BCUT2D eigenvalue weighted by molar-refractivity contribution is 0.233. The second kappa shape index (κ2) is 6.31. The van der Waals surface area contributed by atoms with Crippen LogP contribution in [0, 0.1) is 0 Å². The van der Waals surface area contributed by atoms with Crippen molar-refractivity contribution in [1.82, 2.24) is 9.76 Å². The zero-order valence-electron chi connectivity index (χ0n) is 9.71. The van der Waals surface area contributed by atoms with E-state index in [1.54, 1.807) is 0 Å². The van der Waals surface area contributed by atoms with Gasteiger partial charge in [-0.25, -0.2) is 9.76 Å². The Kier molecular flexibility index (Phi) is 4.46. The fourth-order valence-electron chi connectivity index (χ4n) is 1.13. The van der Waals surface area contributed by atoms with Gasteiger partial charge in [-0.3, -0.25) is 4.57 Å². The van der Waals surface area contributed by atoms with Gasteiger partial charge in [0.15, 0.2) is 0 Å². The molecule has 0 aliphatic carbocycles. The summed E-state index contributed by atoms with van der Waals surface area (Å²) in [7, 11) is -3.34. The third-order valence-corrected chi connectivity index (χ3v) is 4.18. The number of halogens is 2. The van der Waals surface area contributed by atoms with Gasteiger partial charge in [0, 0.05) is 34.1 Å². The van der Waals surface area contributed by atoms with Gasteiger partial charge >= 0.3 is 7.67 Å². The van der Waals surface area contributed by atoms with Gasteiger partial charge in [0.1, 0.15) is 0 Å². The number of hydrogen-bond donors (Lipinski definition) is 1. The van der Waals surface area contributed by atoms with Crippen LogP contribution in [0.3, 0.4) is 0 Å². The molecular weight excluding hydrogens is 246 g/mol. The van der Waals surface area contributed by atoms with Crippen molar-refractivity contribution >= 4 is 30.9 Å². The first-order valence-electron chi connectivity index (χ1n) is 5.36. The Morgan fingerprint density at radius 1 is 1.57 bits per heavy atom. The molecular formula is C7H15Cl2N2O2P. The van der Waals surface area contributed by atoms with Crippen molar-refractivity contribution in [3.63, 3.8) is 0 Å². The molecule has 1 aliphatic heterocycles. The Hall–Kier alpha value is 0.690.